The zero-order valence-corrected chi connectivity index (χ0v) is 22.7. The Morgan fingerprint density at radius 2 is 1.89 bits per heavy atom. The molecule has 2 aromatic heterocycles. The average Bonchev–Trinajstić information content (AvgIpc) is 2.94. The second kappa shape index (κ2) is 12.7. The number of fused-ring (bicyclic) bond motifs is 2. The SMILES string of the molecule is C=O.CN.Cc1cc(Nc2cc3c(cn2)CCN(c2cnc4c(c2C)NCCO4)C3)ccc1CN1CCC1. The lowest BCUT2D eigenvalue weighted by molar-refractivity contribution is -0.0979. The number of aromatic nitrogens is 2. The van der Waals surface area contributed by atoms with Crippen LogP contribution in [0.15, 0.2) is 36.7 Å². The monoisotopic (exact) mass is 517 g/mol. The Hall–Kier alpha value is -3.69. The first-order valence-corrected chi connectivity index (χ1v) is 13.2. The topological polar surface area (TPSA) is 109 Å². The molecule has 38 heavy (non-hydrogen) atoms. The number of ether oxygens (including phenoxy) is 1. The Balaban J connectivity index is 0.000000804. The zero-order valence-electron chi connectivity index (χ0n) is 22.7. The summed E-state index contributed by atoms with van der Waals surface area (Å²) in [6, 6.07) is 8.86. The average molecular weight is 518 g/mol. The van der Waals surface area contributed by atoms with Crippen molar-refractivity contribution in [2.45, 2.75) is 39.8 Å². The van der Waals surface area contributed by atoms with Crippen molar-refractivity contribution in [1.29, 1.82) is 0 Å². The number of hydrogen-bond donors (Lipinski definition) is 3. The Kier molecular flexibility index (Phi) is 9.15. The van der Waals surface area contributed by atoms with Gasteiger partial charge >= 0.3 is 0 Å². The molecule has 9 heteroatoms. The molecule has 9 nitrogen and oxygen atoms in total. The number of hydrogen-bond acceptors (Lipinski definition) is 9. The fraction of sp³-hybridized carbons (Fsp3) is 0.414. The molecule has 202 valence electrons. The summed E-state index contributed by atoms with van der Waals surface area (Å²) in [6.45, 7) is 13.2. The summed E-state index contributed by atoms with van der Waals surface area (Å²) in [5, 5.41) is 6.98. The number of rotatable bonds is 5. The van der Waals surface area contributed by atoms with E-state index in [1.807, 2.05) is 19.2 Å². The van der Waals surface area contributed by atoms with Gasteiger partial charge in [-0.05, 0) is 87.3 Å². The predicted molar refractivity (Wildman–Crippen MR) is 154 cm³/mol. The molecule has 0 spiro atoms. The molecule has 0 unspecified atom stereocenters. The van der Waals surface area contributed by atoms with E-state index in [4.69, 9.17) is 14.5 Å². The highest BCUT2D eigenvalue weighted by Gasteiger charge is 2.23. The quantitative estimate of drug-likeness (QED) is 0.466. The van der Waals surface area contributed by atoms with Crippen LogP contribution in [0.5, 0.6) is 5.88 Å². The van der Waals surface area contributed by atoms with Crippen molar-refractivity contribution in [2.75, 3.05) is 55.4 Å². The summed E-state index contributed by atoms with van der Waals surface area (Å²) in [5.41, 5.74) is 14.4. The molecule has 3 aliphatic rings. The molecule has 0 amide bonds. The van der Waals surface area contributed by atoms with Crippen LogP contribution in [0.3, 0.4) is 0 Å². The summed E-state index contributed by atoms with van der Waals surface area (Å²) < 4.78 is 5.71. The van der Waals surface area contributed by atoms with Crippen molar-refractivity contribution >= 4 is 29.7 Å². The van der Waals surface area contributed by atoms with Crippen LogP contribution in [0.4, 0.5) is 22.9 Å². The number of nitrogens with zero attached hydrogens (tertiary/aromatic N) is 4. The number of carbonyl (C=O) groups is 1. The predicted octanol–water partition coefficient (Wildman–Crippen LogP) is 3.80. The summed E-state index contributed by atoms with van der Waals surface area (Å²) in [4.78, 5) is 22.2. The summed E-state index contributed by atoms with van der Waals surface area (Å²) in [6.07, 6.45) is 6.30. The van der Waals surface area contributed by atoms with E-state index < -0.39 is 0 Å². The van der Waals surface area contributed by atoms with Crippen molar-refractivity contribution in [3.63, 3.8) is 0 Å². The maximum absolute atomic E-state index is 8.00. The van der Waals surface area contributed by atoms with Gasteiger partial charge in [0.1, 0.15) is 24.9 Å². The molecule has 0 aliphatic carbocycles. The molecule has 0 saturated carbocycles. The molecule has 0 radical (unpaired) electrons. The zero-order chi connectivity index (χ0) is 27.1. The first-order valence-electron chi connectivity index (χ1n) is 13.2. The fourth-order valence-electron chi connectivity index (χ4n) is 5.12. The van der Waals surface area contributed by atoms with Crippen LogP contribution in [-0.4, -0.2) is 61.5 Å². The molecule has 4 N–H and O–H groups in total. The third-order valence-electron chi connectivity index (χ3n) is 7.31. The molecule has 1 saturated heterocycles. The van der Waals surface area contributed by atoms with Gasteiger partial charge in [-0.15, -0.1) is 0 Å². The number of pyridine rings is 2. The number of anilines is 4. The van der Waals surface area contributed by atoms with Gasteiger partial charge in [0, 0.05) is 43.6 Å². The van der Waals surface area contributed by atoms with E-state index >= 15 is 0 Å². The number of benzene rings is 1. The Morgan fingerprint density at radius 3 is 2.63 bits per heavy atom. The minimum Gasteiger partial charge on any atom is -0.474 e. The highest BCUT2D eigenvalue weighted by Crippen LogP contribution is 2.36. The smallest absolute Gasteiger partial charge is 0.237 e. The molecule has 3 aromatic rings. The number of aryl methyl sites for hydroxylation is 1. The van der Waals surface area contributed by atoms with Gasteiger partial charge in [0.05, 0.1) is 11.9 Å². The third kappa shape index (κ3) is 5.89. The summed E-state index contributed by atoms with van der Waals surface area (Å²) >= 11 is 0. The Labute approximate surface area is 225 Å². The largest absolute Gasteiger partial charge is 0.474 e. The van der Waals surface area contributed by atoms with Crippen LogP contribution >= 0.6 is 0 Å². The van der Waals surface area contributed by atoms with Crippen LogP contribution < -0.4 is 26.0 Å². The Bertz CT molecular complexity index is 1250. The van der Waals surface area contributed by atoms with Crippen molar-refractivity contribution < 1.29 is 9.53 Å². The standard InChI is InChI=1S/C27H32N6O.CH5N.CH2O/c1-18-12-23(5-4-21(18)16-32-8-3-9-32)31-25-13-22-17-33(10-6-20(22)14-29-25)24-15-30-27-26(19(24)2)28-7-11-34-27;2*1-2/h4-5,12-15,28H,3,6-11,16-17H2,1-2H3,(H,29,31);2H2,1H3;1H2. The van der Waals surface area contributed by atoms with E-state index in [-0.39, 0.29) is 0 Å². The number of carbonyl (C=O) groups excluding carboxylic acids is 1. The highest BCUT2D eigenvalue weighted by atomic mass is 16.5. The summed E-state index contributed by atoms with van der Waals surface area (Å²) in [5.74, 6) is 1.61. The van der Waals surface area contributed by atoms with Crippen molar-refractivity contribution in [1.82, 2.24) is 14.9 Å². The van der Waals surface area contributed by atoms with Crippen molar-refractivity contribution in [3.8, 4) is 5.88 Å². The molecular weight excluding hydrogens is 478 g/mol. The van der Waals surface area contributed by atoms with E-state index in [0.29, 0.717) is 12.5 Å². The van der Waals surface area contributed by atoms with Crippen LogP contribution in [0.2, 0.25) is 0 Å². The van der Waals surface area contributed by atoms with Crippen molar-refractivity contribution in [2.24, 2.45) is 5.73 Å². The molecule has 1 aromatic carbocycles. The third-order valence-corrected chi connectivity index (χ3v) is 7.31. The molecule has 0 bridgehead atoms. The molecule has 0 atom stereocenters. The second-order valence-electron chi connectivity index (χ2n) is 9.63. The van der Waals surface area contributed by atoms with Gasteiger partial charge in [-0.1, -0.05) is 6.07 Å². The second-order valence-corrected chi connectivity index (χ2v) is 9.63. The van der Waals surface area contributed by atoms with Gasteiger partial charge in [-0.3, -0.25) is 4.90 Å². The van der Waals surface area contributed by atoms with Crippen LogP contribution in [0.25, 0.3) is 0 Å². The normalized spacial score (nSPS) is 15.6. The van der Waals surface area contributed by atoms with Gasteiger partial charge in [-0.25, -0.2) is 9.97 Å². The van der Waals surface area contributed by atoms with Crippen molar-refractivity contribution in [3.05, 3.63) is 64.5 Å². The van der Waals surface area contributed by atoms with Gasteiger partial charge < -0.3 is 30.8 Å². The highest BCUT2D eigenvalue weighted by molar-refractivity contribution is 5.71. The van der Waals surface area contributed by atoms with Gasteiger partial charge in [0.15, 0.2) is 0 Å². The molecule has 1 fully saturated rings. The Morgan fingerprint density at radius 1 is 1.08 bits per heavy atom. The van der Waals surface area contributed by atoms with E-state index in [2.05, 4.69) is 69.3 Å². The van der Waals surface area contributed by atoms with Gasteiger partial charge in [-0.2, -0.15) is 0 Å². The fourth-order valence-corrected chi connectivity index (χ4v) is 5.12. The van der Waals surface area contributed by atoms with Gasteiger partial charge in [0.2, 0.25) is 5.88 Å². The maximum Gasteiger partial charge on any atom is 0.237 e. The summed E-state index contributed by atoms with van der Waals surface area (Å²) in [7, 11) is 1.50. The van der Waals surface area contributed by atoms with E-state index in [1.165, 1.54) is 60.1 Å². The minimum absolute atomic E-state index is 0.666. The molecule has 6 rings (SSSR count). The first-order chi connectivity index (χ1) is 18.6. The lowest BCUT2D eigenvalue weighted by Crippen LogP contribution is -2.36. The van der Waals surface area contributed by atoms with E-state index in [9.17, 15) is 0 Å². The van der Waals surface area contributed by atoms with Gasteiger partial charge in [0.25, 0.3) is 0 Å². The van der Waals surface area contributed by atoms with Crippen LogP contribution in [-0.2, 0) is 24.3 Å². The molecular formula is C29H39N7O2. The minimum atomic E-state index is 0.666. The molecule has 5 heterocycles. The van der Waals surface area contributed by atoms with Crippen LogP contribution in [0, 0.1) is 13.8 Å². The first kappa shape index (κ1) is 27.3. The lowest BCUT2D eigenvalue weighted by Gasteiger charge is -2.33. The maximum atomic E-state index is 8.00. The number of nitrogens with two attached hydrogens (primary N) is 1. The number of nitrogens with one attached hydrogen (secondary N) is 2. The van der Waals surface area contributed by atoms with E-state index in [0.717, 1.165) is 49.8 Å². The molecule has 3 aliphatic heterocycles. The lowest BCUT2D eigenvalue weighted by atomic mass is 10.0. The van der Waals surface area contributed by atoms with Crippen LogP contribution in [0.1, 0.15) is 34.2 Å². The van der Waals surface area contributed by atoms with E-state index in [1.54, 1.807) is 0 Å². The number of likely N-dealkylation sites (tertiary alicyclic amines) is 1.